The molecule has 1 aliphatic heterocycles. The number of nitrogens with one attached hydrogen (secondary N) is 1. The molecule has 0 bridgehead atoms. The molecule has 3 aromatic rings. The first kappa shape index (κ1) is 22.8. The third-order valence-electron chi connectivity index (χ3n) is 5.44. The Kier molecular flexibility index (Phi) is 6.12. The Balaban J connectivity index is 1.63. The molecule has 1 unspecified atom stereocenters. The lowest BCUT2D eigenvalue weighted by Crippen LogP contribution is -2.45. The largest absolute Gasteiger partial charge is 0.487 e. The van der Waals surface area contributed by atoms with Crippen LogP contribution in [0.1, 0.15) is 31.9 Å². The van der Waals surface area contributed by atoms with E-state index in [1.165, 1.54) is 24.3 Å². The zero-order valence-corrected chi connectivity index (χ0v) is 19.2. The number of ether oxygens (including phenoxy) is 1. The lowest BCUT2D eigenvalue weighted by Gasteiger charge is -2.38. The highest BCUT2D eigenvalue weighted by atomic mass is 32.2. The van der Waals surface area contributed by atoms with Gasteiger partial charge in [0.25, 0.3) is 10.0 Å². The summed E-state index contributed by atoms with van der Waals surface area (Å²) < 4.78 is 47.3. The number of sulfonamides is 1. The molecular formula is C25H25FN2O4S. The SMILES string of the molecule is CC1(C)CC(NC(=O)CN(c2ccc(F)cc2)S(=O)(=O)c2ccccc2)c2ccccc2O1. The average molecular weight is 469 g/mol. The summed E-state index contributed by atoms with van der Waals surface area (Å²) in [6.45, 7) is 3.42. The number of rotatable bonds is 6. The second kappa shape index (κ2) is 8.86. The van der Waals surface area contributed by atoms with Crippen LogP contribution in [0.4, 0.5) is 10.1 Å². The first-order valence-electron chi connectivity index (χ1n) is 10.6. The molecule has 0 aromatic heterocycles. The van der Waals surface area contributed by atoms with E-state index in [0.29, 0.717) is 12.2 Å². The van der Waals surface area contributed by atoms with Gasteiger partial charge in [-0.3, -0.25) is 9.10 Å². The molecule has 33 heavy (non-hydrogen) atoms. The van der Waals surface area contributed by atoms with Crippen molar-refractivity contribution in [3.05, 3.63) is 90.2 Å². The number of anilines is 1. The molecule has 0 radical (unpaired) electrons. The number of carbonyl (C=O) groups is 1. The molecule has 8 heteroatoms. The van der Waals surface area contributed by atoms with Crippen LogP contribution in [0.5, 0.6) is 5.75 Å². The highest BCUT2D eigenvalue weighted by Gasteiger charge is 2.35. The monoisotopic (exact) mass is 468 g/mol. The highest BCUT2D eigenvalue weighted by molar-refractivity contribution is 7.92. The zero-order chi connectivity index (χ0) is 23.6. The van der Waals surface area contributed by atoms with Gasteiger partial charge in [0, 0.05) is 12.0 Å². The summed E-state index contributed by atoms with van der Waals surface area (Å²) in [5, 5.41) is 2.97. The third-order valence-corrected chi connectivity index (χ3v) is 7.23. The number of hydrogen-bond acceptors (Lipinski definition) is 4. The van der Waals surface area contributed by atoms with Crippen LogP contribution >= 0.6 is 0 Å². The smallest absolute Gasteiger partial charge is 0.264 e. The fourth-order valence-corrected chi connectivity index (χ4v) is 5.39. The summed E-state index contributed by atoms with van der Waals surface area (Å²) in [6, 6.07) is 20.0. The summed E-state index contributed by atoms with van der Waals surface area (Å²) in [7, 11) is -4.06. The van der Waals surface area contributed by atoms with Gasteiger partial charge in [-0.05, 0) is 56.3 Å². The number of hydrogen-bond donors (Lipinski definition) is 1. The molecule has 1 heterocycles. The number of benzene rings is 3. The predicted octanol–water partition coefficient (Wildman–Crippen LogP) is 4.44. The minimum Gasteiger partial charge on any atom is -0.487 e. The predicted molar refractivity (Wildman–Crippen MR) is 124 cm³/mol. The Morgan fingerprint density at radius 1 is 1.03 bits per heavy atom. The standard InChI is InChI=1S/C25H25FN2O4S/c1-25(2)16-22(21-10-6-7-11-23(21)32-25)27-24(29)17-28(19-14-12-18(26)13-15-19)33(30,31)20-8-4-3-5-9-20/h3-15,22H,16-17H2,1-2H3,(H,27,29). The molecule has 0 saturated heterocycles. The minimum atomic E-state index is -4.06. The van der Waals surface area contributed by atoms with Crippen LogP contribution < -0.4 is 14.4 Å². The third kappa shape index (κ3) is 5.01. The van der Waals surface area contributed by atoms with Gasteiger partial charge in [0.2, 0.25) is 5.91 Å². The van der Waals surface area contributed by atoms with Gasteiger partial charge in [0.15, 0.2) is 0 Å². The molecule has 0 spiro atoms. The van der Waals surface area contributed by atoms with Gasteiger partial charge in [-0.2, -0.15) is 0 Å². The second-order valence-corrected chi connectivity index (χ2v) is 10.4. The molecule has 0 aliphatic carbocycles. The normalized spacial score (nSPS) is 16.9. The summed E-state index contributed by atoms with van der Waals surface area (Å²) >= 11 is 0. The van der Waals surface area contributed by atoms with Crippen LogP contribution in [0.2, 0.25) is 0 Å². The Labute approximate surface area is 193 Å². The zero-order valence-electron chi connectivity index (χ0n) is 18.4. The Morgan fingerprint density at radius 3 is 2.36 bits per heavy atom. The van der Waals surface area contributed by atoms with E-state index in [2.05, 4.69) is 5.32 Å². The van der Waals surface area contributed by atoms with E-state index in [9.17, 15) is 17.6 Å². The van der Waals surface area contributed by atoms with Crippen molar-refractivity contribution >= 4 is 21.6 Å². The summed E-state index contributed by atoms with van der Waals surface area (Å²) in [5.41, 5.74) is 0.534. The molecule has 1 N–H and O–H groups in total. The van der Waals surface area contributed by atoms with E-state index in [-0.39, 0.29) is 16.6 Å². The van der Waals surface area contributed by atoms with Crippen LogP contribution in [0.25, 0.3) is 0 Å². The van der Waals surface area contributed by atoms with E-state index in [1.807, 2.05) is 38.1 Å². The van der Waals surface area contributed by atoms with Crippen molar-refractivity contribution in [2.24, 2.45) is 0 Å². The van der Waals surface area contributed by atoms with E-state index in [4.69, 9.17) is 4.74 Å². The van der Waals surface area contributed by atoms with E-state index < -0.39 is 33.9 Å². The van der Waals surface area contributed by atoms with Gasteiger partial charge in [-0.1, -0.05) is 36.4 Å². The van der Waals surface area contributed by atoms with Crippen molar-refractivity contribution in [1.29, 1.82) is 0 Å². The Morgan fingerprint density at radius 2 is 1.67 bits per heavy atom. The van der Waals surface area contributed by atoms with E-state index >= 15 is 0 Å². The Hall–Kier alpha value is -3.39. The summed E-state index contributed by atoms with van der Waals surface area (Å²) in [6.07, 6.45) is 0.526. The van der Waals surface area contributed by atoms with Crippen molar-refractivity contribution in [3.8, 4) is 5.75 Å². The van der Waals surface area contributed by atoms with Crippen LogP contribution in [-0.2, 0) is 14.8 Å². The van der Waals surface area contributed by atoms with Crippen molar-refractivity contribution in [3.63, 3.8) is 0 Å². The van der Waals surface area contributed by atoms with Crippen molar-refractivity contribution < 1.29 is 22.3 Å². The lowest BCUT2D eigenvalue weighted by molar-refractivity contribution is -0.120. The molecule has 172 valence electrons. The molecule has 1 aliphatic rings. The van der Waals surface area contributed by atoms with Crippen LogP contribution in [0.3, 0.4) is 0 Å². The van der Waals surface area contributed by atoms with Crippen molar-refractivity contribution in [1.82, 2.24) is 5.32 Å². The molecule has 4 rings (SSSR count). The van der Waals surface area contributed by atoms with E-state index in [1.54, 1.807) is 18.2 Å². The molecule has 3 aromatic carbocycles. The highest BCUT2D eigenvalue weighted by Crippen LogP contribution is 2.39. The van der Waals surface area contributed by atoms with E-state index in [0.717, 1.165) is 22.0 Å². The maximum atomic E-state index is 13.5. The van der Waals surface area contributed by atoms with Gasteiger partial charge in [-0.15, -0.1) is 0 Å². The number of fused-ring (bicyclic) bond motifs is 1. The topological polar surface area (TPSA) is 75.7 Å². The van der Waals surface area contributed by atoms with Gasteiger partial charge in [0.05, 0.1) is 16.6 Å². The number of carbonyl (C=O) groups excluding carboxylic acids is 1. The average Bonchev–Trinajstić information content (AvgIpc) is 2.78. The number of amides is 1. The lowest BCUT2D eigenvalue weighted by atomic mass is 9.89. The first-order chi connectivity index (χ1) is 15.7. The molecule has 1 atom stereocenters. The van der Waals surface area contributed by atoms with Crippen molar-refractivity contribution in [2.45, 2.75) is 36.8 Å². The van der Waals surface area contributed by atoms with Gasteiger partial charge in [0.1, 0.15) is 23.7 Å². The minimum absolute atomic E-state index is 0.0414. The van der Waals surface area contributed by atoms with Crippen LogP contribution in [0.15, 0.2) is 83.8 Å². The molecule has 6 nitrogen and oxygen atoms in total. The number of halogens is 1. The fraction of sp³-hybridized carbons (Fsp3) is 0.240. The Bertz CT molecular complexity index is 1240. The maximum Gasteiger partial charge on any atom is 0.264 e. The maximum absolute atomic E-state index is 13.5. The summed E-state index contributed by atoms with van der Waals surface area (Å²) in [5.74, 6) is -0.288. The van der Waals surface area contributed by atoms with Gasteiger partial charge >= 0.3 is 0 Å². The molecular weight excluding hydrogens is 443 g/mol. The van der Waals surface area contributed by atoms with Gasteiger partial charge in [-0.25, -0.2) is 12.8 Å². The first-order valence-corrected chi connectivity index (χ1v) is 12.0. The van der Waals surface area contributed by atoms with Crippen LogP contribution in [0, 0.1) is 5.82 Å². The molecule has 1 amide bonds. The molecule has 0 fully saturated rings. The second-order valence-electron chi connectivity index (χ2n) is 8.52. The van der Waals surface area contributed by atoms with Crippen molar-refractivity contribution in [2.75, 3.05) is 10.8 Å². The number of para-hydroxylation sites is 1. The fourth-order valence-electron chi connectivity index (χ4n) is 3.94. The quantitative estimate of drug-likeness (QED) is 0.580. The summed E-state index contributed by atoms with van der Waals surface area (Å²) in [4.78, 5) is 13.2. The van der Waals surface area contributed by atoms with Gasteiger partial charge < -0.3 is 10.1 Å². The molecule has 0 saturated carbocycles. The van der Waals surface area contributed by atoms with Crippen LogP contribution in [-0.4, -0.2) is 26.5 Å². The number of nitrogens with zero attached hydrogens (tertiary/aromatic N) is 1.